The Morgan fingerprint density at radius 1 is 1.12 bits per heavy atom. The molecule has 9 heteroatoms. The standard InChI is InChI=1S/C25H23N3O5S/c1-15-12-19(16(2)28(15)17-8-10-18(30-3)11-9-17)20(29)14-34-25-27-26-24(33-25)23-13-31-21-6-4-5-7-22(21)32-23/h4-12,23H,13-14H2,1-3H3/t23-/m1/s1. The maximum Gasteiger partial charge on any atom is 0.277 e. The van der Waals surface area contributed by atoms with Gasteiger partial charge < -0.3 is 23.2 Å². The molecule has 0 spiro atoms. The number of hydrogen-bond donors (Lipinski definition) is 0. The predicted molar refractivity (Wildman–Crippen MR) is 126 cm³/mol. The van der Waals surface area contributed by atoms with Crippen molar-refractivity contribution in [2.24, 2.45) is 0 Å². The smallest absolute Gasteiger partial charge is 0.277 e. The third-order valence-electron chi connectivity index (χ3n) is 5.60. The summed E-state index contributed by atoms with van der Waals surface area (Å²) in [4.78, 5) is 13.0. The lowest BCUT2D eigenvalue weighted by Crippen LogP contribution is -2.21. The van der Waals surface area contributed by atoms with Crippen LogP contribution in [-0.4, -0.2) is 40.0 Å². The molecule has 8 nitrogen and oxygen atoms in total. The molecule has 3 heterocycles. The molecule has 0 saturated carbocycles. The predicted octanol–water partition coefficient (Wildman–Crippen LogP) is 4.97. The van der Waals surface area contributed by atoms with Gasteiger partial charge in [0.2, 0.25) is 6.10 Å². The van der Waals surface area contributed by atoms with Crippen LogP contribution in [0.15, 0.2) is 64.2 Å². The molecule has 34 heavy (non-hydrogen) atoms. The van der Waals surface area contributed by atoms with Crippen LogP contribution in [0.4, 0.5) is 0 Å². The second kappa shape index (κ2) is 9.26. The van der Waals surface area contributed by atoms with Gasteiger partial charge in [0.05, 0.1) is 12.9 Å². The van der Waals surface area contributed by atoms with E-state index in [0.717, 1.165) is 22.8 Å². The molecule has 0 fully saturated rings. The molecule has 0 radical (unpaired) electrons. The minimum atomic E-state index is -0.490. The van der Waals surface area contributed by atoms with E-state index in [9.17, 15) is 4.79 Å². The number of rotatable bonds is 7. The third-order valence-corrected chi connectivity index (χ3v) is 6.41. The van der Waals surface area contributed by atoms with Gasteiger partial charge in [0, 0.05) is 22.6 Å². The molecule has 1 aliphatic rings. The van der Waals surface area contributed by atoms with Gasteiger partial charge in [-0.3, -0.25) is 4.79 Å². The topological polar surface area (TPSA) is 88.6 Å². The quantitative estimate of drug-likeness (QED) is 0.272. The first-order chi connectivity index (χ1) is 16.5. The van der Waals surface area contributed by atoms with E-state index >= 15 is 0 Å². The number of carbonyl (C=O) groups excluding carboxylic acids is 1. The van der Waals surface area contributed by atoms with Crippen molar-refractivity contribution in [2.75, 3.05) is 19.5 Å². The number of aromatic nitrogens is 3. The molecule has 1 atom stereocenters. The monoisotopic (exact) mass is 477 g/mol. The average Bonchev–Trinajstić information content (AvgIpc) is 3.46. The second-order valence-electron chi connectivity index (χ2n) is 7.80. The molecular weight excluding hydrogens is 454 g/mol. The van der Waals surface area contributed by atoms with Crippen LogP contribution in [0.2, 0.25) is 0 Å². The van der Waals surface area contributed by atoms with Crippen molar-refractivity contribution < 1.29 is 23.4 Å². The third kappa shape index (κ3) is 4.26. The van der Waals surface area contributed by atoms with E-state index in [1.807, 2.05) is 68.4 Å². The molecule has 2 aromatic carbocycles. The van der Waals surface area contributed by atoms with Crippen molar-refractivity contribution in [3.8, 4) is 22.9 Å². The first-order valence-corrected chi connectivity index (χ1v) is 11.7. The molecular formula is C25H23N3O5S. The molecule has 1 aliphatic heterocycles. The minimum Gasteiger partial charge on any atom is -0.497 e. The van der Waals surface area contributed by atoms with Crippen LogP contribution >= 0.6 is 11.8 Å². The largest absolute Gasteiger partial charge is 0.497 e. The van der Waals surface area contributed by atoms with E-state index < -0.39 is 6.10 Å². The number of Topliss-reactive ketones (excluding diaryl/α,β-unsaturated/α-hetero) is 1. The molecule has 0 saturated heterocycles. The van der Waals surface area contributed by atoms with Gasteiger partial charge in [-0.05, 0) is 56.3 Å². The van der Waals surface area contributed by atoms with Crippen molar-refractivity contribution in [1.29, 1.82) is 0 Å². The molecule has 0 amide bonds. The Balaban J connectivity index is 1.25. The number of nitrogens with zero attached hydrogens (tertiary/aromatic N) is 3. The summed E-state index contributed by atoms with van der Waals surface area (Å²) in [6, 6.07) is 17.1. The summed E-state index contributed by atoms with van der Waals surface area (Å²) in [5, 5.41) is 8.46. The Hall–Kier alpha value is -3.72. The highest BCUT2D eigenvalue weighted by molar-refractivity contribution is 7.99. The summed E-state index contributed by atoms with van der Waals surface area (Å²) in [5.41, 5.74) is 3.50. The summed E-state index contributed by atoms with van der Waals surface area (Å²) in [5.74, 6) is 2.59. The fourth-order valence-corrected chi connectivity index (χ4v) is 4.58. The number of carbonyl (C=O) groups is 1. The van der Waals surface area contributed by atoms with Crippen molar-refractivity contribution >= 4 is 17.5 Å². The number of benzene rings is 2. The van der Waals surface area contributed by atoms with Gasteiger partial charge in [-0.25, -0.2) is 0 Å². The van der Waals surface area contributed by atoms with Crippen LogP contribution in [0, 0.1) is 13.8 Å². The van der Waals surface area contributed by atoms with E-state index in [2.05, 4.69) is 14.8 Å². The first kappa shape index (κ1) is 22.1. The molecule has 0 bridgehead atoms. The molecule has 0 aliphatic carbocycles. The van der Waals surface area contributed by atoms with Crippen LogP contribution in [0.25, 0.3) is 5.69 Å². The van der Waals surface area contributed by atoms with E-state index in [-0.39, 0.29) is 18.1 Å². The lowest BCUT2D eigenvalue weighted by Gasteiger charge is -2.23. The number of para-hydroxylation sites is 2. The highest BCUT2D eigenvalue weighted by atomic mass is 32.2. The Labute approximate surface area is 200 Å². The van der Waals surface area contributed by atoms with Gasteiger partial charge in [0.1, 0.15) is 12.4 Å². The van der Waals surface area contributed by atoms with Crippen molar-refractivity contribution in [1.82, 2.24) is 14.8 Å². The summed E-state index contributed by atoms with van der Waals surface area (Å²) in [7, 11) is 1.64. The number of methoxy groups -OCH3 is 1. The Kier molecular flexibility index (Phi) is 6.02. The first-order valence-electron chi connectivity index (χ1n) is 10.7. The van der Waals surface area contributed by atoms with E-state index in [0.29, 0.717) is 28.2 Å². The second-order valence-corrected chi connectivity index (χ2v) is 8.73. The Bertz CT molecular complexity index is 1330. The lowest BCUT2D eigenvalue weighted by atomic mass is 10.2. The lowest BCUT2D eigenvalue weighted by molar-refractivity contribution is 0.0686. The van der Waals surface area contributed by atoms with Gasteiger partial charge in [-0.1, -0.05) is 23.9 Å². The van der Waals surface area contributed by atoms with E-state index in [1.54, 1.807) is 7.11 Å². The van der Waals surface area contributed by atoms with Gasteiger partial charge in [-0.15, -0.1) is 10.2 Å². The van der Waals surface area contributed by atoms with Crippen molar-refractivity contribution in [2.45, 2.75) is 25.2 Å². The summed E-state index contributed by atoms with van der Waals surface area (Å²) in [6.45, 7) is 4.20. The average molecular weight is 478 g/mol. The summed E-state index contributed by atoms with van der Waals surface area (Å²) in [6.07, 6.45) is -0.490. The van der Waals surface area contributed by atoms with Crippen LogP contribution < -0.4 is 14.2 Å². The maximum atomic E-state index is 13.0. The number of aryl methyl sites for hydroxylation is 1. The number of ketones is 1. The molecule has 174 valence electrons. The highest BCUT2D eigenvalue weighted by Crippen LogP contribution is 2.36. The van der Waals surface area contributed by atoms with E-state index in [1.165, 1.54) is 11.8 Å². The number of thioether (sulfide) groups is 1. The Morgan fingerprint density at radius 2 is 1.88 bits per heavy atom. The van der Waals surface area contributed by atoms with Gasteiger partial charge in [-0.2, -0.15) is 0 Å². The zero-order valence-corrected chi connectivity index (χ0v) is 19.8. The molecule has 5 rings (SSSR count). The zero-order chi connectivity index (χ0) is 23.7. The van der Waals surface area contributed by atoms with Crippen LogP contribution in [0.3, 0.4) is 0 Å². The van der Waals surface area contributed by atoms with Crippen LogP contribution in [0.1, 0.15) is 33.7 Å². The highest BCUT2D eigenvalue weighted by Gasteiger charge is 2.27. The number of fused-ring (bicyclic) bond motifs is 1. The Morgan fingerprint density at radius 3 is 2.65 bits per heavy atom. The maximum absolute atomic E-state index is 13.0. The van der Waals surface area contributed by atoms with Crippen molar-refractivity contribution in [3.05, 3.63) is 77.4 Å². The molecule has 2 aromatic heterocycles. The molecule has 0 N–H and O–H groups in total. The van der Waals surface area contributed by atoms with Crippen LogP contribution in [-0.2, 0) is 0 Å². The van der Waals surface area contributed by atoms with Gasteiger partial charge in [0.25, 0.3) is 11.1 Å². The SMILES string of the molecule is COc1ccc(-n2c(C)cc(C(=O)CSc3nnc([C@H]4COc5ccccc5O4)o3)c2C)cc1. The van der Waals surface area contributed by atoms with Gasteiger partial charge in [0.15, 0.2) is 17.3 Å². The van der Waals surface area contributed by atoms with Crippen LogP contribution in [0.5, 0.6) is 17.2 Å². The normalized spacial score (nSPS) is 14.7. The van der Waals surface area contributed by atoms with E-state index in [4.69, 9.17) is 18.6 Å². The van der Waals surface area contributed by atoms with Crippen molar-refractivity contribution in [3.63, 3.8) is 0 Å². The zero-order valence-electron chi connectivity index (χ0n) is 19.0. The summed E-state index contributed by atoms with van der Waals surface area (Å²) >= 11 is 1.21. The fourth-order valence-electron chi connectivity index (χ4n) is 3.93. The number of ether oxygens (including phenoxy) is 3. The molecule has 0 unspecified atom stereocenters. The number of hydrogen-bond acceptors (Lipinski definition) is 8. The summed E-state index contributed by atoms with van der Waals surface area (Å²) < 4.78 is 24.7. The van der Waals surface area contributed by atoms with Gasteiger partial charge >= 0.3 is 0 Å². The fraction of sp³-hybridized carbons (Fsp3) is 0.240. The minimum absolute atomic E-state index is 0.0104. The molecule has 4 aromatic rings.